The van der Waals surface area contributed by atoms with Crippen LogP contribution in [0.4, 0.5) is 5.69 Å². The molecule has 0 N–H and O–H groups in total. The highest BCUT2D eigenvalue weighted by atomic mass is 16.6. The predicted octanol–water partition coefficient (Wildman–Crippen LogP) is 1.68. The third-order valence-corrected chi connectivity index (χ3v) is 2.29. The van der Waals surface area contributed by atoms with Gasteiger partial charge in [0.25, 0.3) is 5.69 Å². The van der Waals surface area contributed by atoms with E-state index in [0.717, 1.165) is 5.56 Å². The zero-order valence-corrected chi connectivity index (χ0v) is 8.09. The summed E-state index contributed by atoms with van der Waals surface area (Å²) < 4.78 is 10.7. The minimum absolute atomic E-state index is 0.0930. The minimum Gasteiger partial charge on any atom is -0.376 e. The number of nitro benzene ring substituents is 1. The highest BCUT2D eigenvalue weighted by Crippen LogP contribution is 2.22. The molecule has 1 aromatic carbocycles. The van der Waals surface area contributed by atoms with Crippen molar-refractivity contribution in [1.82, 2.24) is 0 Å². The van der Waals surface area contributed by atoms with Gasteiger partial charge in [-0.1, -0.05) is 0 Å². The van der Waals surface area contributed by atoms with Crippen molar-refractivity contribution < 1.29 is 14.4 Å². The number of hydrogen-bond acceptors (Lipinski definition) is 4. The number of ether oxygens (including phenoxy) is 2. The normalized spacial score (nSPS) is 21.2. The van der Waals surface area contributed by atoms with Crippen molar-refractivity contribution in [2.75, 3.05) is 19.8 Å². The molecule has 1 saturated heterocycles. The summed E-state index contributed by atoms with van der Waals surface area (Å²) in [5.41, 5.74) is 1.01. The first-order chi connectivity index (χ1) is 7.27. The van der Waals surface area contributed by atoms with Crippen molar-refractivity contribution >= 4 is 5.69 Å². The molecule has 0 aromatic heterocycles. The molecule has 1 aliphatic rings. The van der Waals surface area contributed by atoms with E-state index in [1.54, 1.807) is 12.1 Å². The van der Waals surface area contributed by atoms with Crippen molar-refractivity contribution in [1.29, 1.82) is 0 Å². The van der Waals surface area contributed by atoms with Gasteiger partial charge in [0, 0.05) is 12.1 Å². The summed E-state index contributed by atoms with van der Waals surface area (Å²) in [6, 6.07) is 6.37. The molecule has 5 nitrogen and oxygen atoms in total. The Morgan fingerprint density at radius 3 is 2.53 bits per heavy atom. The largest absolute Gasteiger partial charge is 0.376 e. The monoisotopic (exact) mass is 209 g/mol. The van der Waals surface area contributed by atoms with Crippen molar-refractivity contribution in [3.05, 3.63) is 39.9 Å². The molecule has 5 heteroatoms. The standard InChI is InChI=1S/C10H11NO4/c12-11(13)9-3-1-8(2-4-9)10-7-14-5-6-15-10/h1-4,10H,5-7H2. The summed E-state index contributed by atoms with van der Waals surface area (Å²) in [6.07, 6.45) is -0.0976. The molecule has 80 valence electrons. The second kappa shape index (κ2) is 4.37. The molecule has 1 heterocycles. The molecule has 1 aromatic rings. The molecule has 0 radical (unpaired) electrons. The number of nitro groups is 1. The smallest absolute Gasteiger partial charge is 0.269 e. The van der Waals surface area contributed by atoms with E-state index < -0.39 is 4.92 Å². The lowest BCUT2D eigenvalue weighted by molar-refractivity contribution is -0.384. The fraction of sp³-hybridized carbons (Fsp3) is 0.400. The van der Waals surface area contributed by atoms with E-state index in [1.807, 2.05) is 0 Å². The van der Waals surface area contributed by atoms with Crippen molar-refractivity contribution in [3.8, 4) is 0 Å². The van der Waals surface area contributed by atoms with E-state index >= 15 is 0 Å². The van der Waals surface area contributed by atoms with Gasteiger partial charge < -0.3 is 9.47 Å². The van der Waals surface area contributed by atoms with Crippen LogP contribution in [0.15, 0.2) is 24.3 Å². The lowest BCUT2D eigenvalue weighted by Gasteiger charge is -2.22. The average Bonchev–Trinajstić information content (AvgIpc) is 2.30. The van der Waals surface area contributed by atoms with Crippen LogP contribution in [0.2, 0.25) is 0 Å². The summed E-state index contributed by atoms with van der Waals surface area (Å²) in [4.78, 5) is 10.0. The topological polar surface area (TPSA) is 61.6 Å². The van der Waals surface area contributed by atoms with Gasteiger partial charge in [-0.25, -0.2) is 0 Å². The van der Waals surface area contributed by atoms with E-state index in [4.69, 9.17) is 9.47 Å². The van der Waals surface area contributed by atoms with Gasteiger partial charge in [-0.2, -0.15) is 0 Å². The van der Waals surface area contributed by atoms with Crippen LogP contribution >= 0.6 is 0 Å². The molecule has 0 amide bonds. The van der Waals surface area contributed by atoms with Crippen LogP contribution in [0.3, 0.4) is 0 Å². The number of rotatable bonds is 2. The predicted molar refractivity (Wildman–Crippen MR) is 52.6 cm³/mol. The quantitative estimate of drug-likeness (QED) is 0.549. The van der Waals surface area contributed by atoms with Crippen LogP contribution in [-0.2, 0) is 9.47 Å². The third kappa shape index (κ3) is 2.31. The van der Waals surface area contributed by atoms with E-state index in [0.29, 0.717) is 19.8 Å². The summed E-state index contributed by atoms with van der Waals surface area (Å²) in [7, 11) is 0. The van der Waals surface area contributed by atoms with Crippen molar-refractivity contribution in [2.24, 2.45) is 0 Å². The second-order valence-electron chi connectivity index (χ2n) is 3.28. The molecule has 2 rings (SSSR count). The van der Waals surface area contributed by atoms with Crippen LogP contribution in [0.25, 0.3) is 0 Å². The van der Waals surface area contributed by atoms with Gasteiger partial charge in [-0.15, -0.1) is 0 Å². The molecule has 1 atom stereocenters. The molecule has 0 saturated carbocycles. The van der Waals surface area contributed by atoms with Gasteiger partial charge in [0.2, 0.25) is 0 Å². The summed E-state index contributed by atoms with van der Waals surface area (Å²) in [5.74, 6) is 0. The van der Waals surface area contributed by atoms with Crippen LogP contribution in [0, 0.1) is 10.1 Å². The summed E-state index contributed by atoms with van der Waals surface area (Å²) in [5, 5.41) is 10.4. The van der Waals surface area contributed by atoms with Gasteiger partial charge in [0.05, 0.1) is 24.7 Å². The molecule has 1 fully saturated rings. The third-order valence-electron chi connectivity index (χ3n) is 2.29. The number of nitrogens with zero attached hydrogens (tertiary/aromatic N) is 1. The average molecular weight is 209 g/mol. The molecule has 0 aliphatic carbocycles. The maximum atomic E-state index is 10.4. The lowest BCUT2D eigenvalue weighted by atomic mass is 10.1. The maximum absolute atomic E-state index is 10.4. The summed E-state index contributed by atoms with van der Waals surface area (Å²) in [6.45, 7) is 1.70. The van der Waals surface area contributed by atoms with E-state index in [2.05, 4.69) is 0 Å². The van der Waals surface area contributed by atoms with E-state index in [1.165, 1.54) is 12.1 Å². The molecule has 0 spiro atoms. The Morgan fingerprint density at radius 1 is 1.27 bits per heavy atom. The van der Waals surface area contributed by atoms with Gasteiger partial charge in [-0.3, -0.25) is 10.1 Å². The highest BCUT2D eigenvalue weighted by molar-refractivity contribution is 5.33. The van der Waals surface area contributed by atoms with Crippen molar-refractivity contribution in [3.63, 3.8) is 0 Å². The van der Waals surface area contributed by atoms with Gasteiger partial charge in [0.15, 0.2) is 0 Å². The summed E-state index contributed by atoms with van der Waals surface area (Å²) >= 11 is 0. The second-order valence-corrected chi connectivity index (χ2v) is 3.28. The van der Waals surface area contributed by atoms with Crippen molar-refractivity contribution in [2.45, 2.75) is 6.10 Å². The first kappa shape index (κ1) is 10.1. The van der Waals surface area contributed by atoms with Gasteiger partial charge >= 0.3 is 0 Å². The Bertz CT molecular complexity index is 343. The Labute approximate surface area is 86.8 Å². The Morgan fingerprint density at radius 2 is 2.00 bits per heavy atom. The Hall–Kier alpha value is -1.46. The van der Waals surface area contributed by atoms with Crippen LogP contribution in [-0.4, -0.2) is 24.7 Å². The molecular weight excluding hydrogens is 198 g/mol. The highest BCUT2D eigenvalue weighted by Gasteiger charge is 2.17. The van der Waals surface area contributed by atoms with E-state index in [9.17, 15) is 10.1 Å². The Kier molecular flexibility index (Phi) is 2.94. The maximum Gasteiger partial charge on any atom is 0.269 e. The molecule has 1 unspecified atom stereocenters. The minimum atomic E-state index is -0.415. The SMILES string of the molecule is O=[N+]([O-])c1ccc(C2COCCO2)cc1. The molecule has 1 aliphatic heterocycles. The number of hydrogen-bond donors (Lipinski definition) is 0. The van der Waals surface area contributed by atoms with Crippen LogP contribution in [0.5, 0.6) is 0 Å². The Balaban J connectivity index is 2.11. The van der Waals surface area contributed by atoms with Gasteiger partial charge in [-0.05, 0) is 17.7 Å². The molecule has 15 heavy (non-hydrogen) atoms. The fourth-order valence-electron chi connectivity index (χ4n) is 1.49. The number of non-ortho nitro benzene ring substituents is 1. The molecular formula is C10H11NO4. The van der Waals surface area contributed by atoms with E-state index in [-0.39, 0.29) is 11.8 Å². The molecule has 0 bridgehead atoms. The van der Waals surface area contributed by atoms with Gasteiger partial charge in [0.1, 0.15) is 6.10 Å². The van der Waals surface area contributed by atoms with Crippen LogP contribution < -0.4 is 0 Å². The first-order valence-electron chi connectivity index (χ1n) is 4.71. The zero-order valence-electron chi connectivity index (χ0n) is 8.09. The first-order valence-corrected chi connectivity index (χ1v) is 4.71. The lowest BCUT2D eigenvalue weighted by Crippen LogP contribution is -2.21. The van der Waals surface area contributed by atoms with Crippen LogP contribution in [0.1, 0.15) is 11.7 Å². The zero-order chi connectivity index (χ0) is 10.7. The number of benzene rings is 1. The fourth-order valence-corrected chi connectivity index (χ4v) is 1.49.